The van der Waals surface area contributed by atoms with Crippen LogP contribution in [0, 0.1) is 12.8 Å². The van der Waals surface area contributed by atoms with Crippen LogP contribution >= 0.6 is 0 Å². The summed E-state index contributed by atoms with van der Waals surface area (Å²) >= 11 is 0. The van der Waals surface area contributed by atoms with Crippen LogP contribution in [-0.2, 0) is 4.79 Å². The minimum Gasteiger partial charge on any atom is -0.315 e. The van der Waals surface area contributed by atoms with Crippen LogP contribution in [0.2, 0.25) is 0 Å². The number of carbonyl (C=O) groups is 1. The lowest BCUT2D eigenvalue weighted by Gasteiger charge is -2.36. The van der Waals surface area contributed by atoms with Crippen molar-refractivity contribution in [2.75, 3.05) is 11.9 Å². The molecular weight excluding hydrogens is 198 g/mol. The van der Waals surface area contributed by atoms with Gasteiger partial charge in [-0.2, -0.15) is 0 Å². The molecule has 0 saturated heterocycles. The third-order valence-electron chi connectivity index (χ3n) is 3.81. The first-order valence-electron chi connectivity index (χ1n) is 5.95. The van der Waals surface area contributed by atoms with E-state index >= 15 is 0 Å². The highest BCUT2D eigenvalue weighted by molar-refractivity contribution is 5.98. The van der Waals surface area contributed by atoms with E-state index in [4.69, 9.17) is 0 Å². The van der Waals surface area contributed by atoms with Gasteiger partial charge in [0, 0.05) is 18.7 Å². The van der Waals surface area contributed by atoms with Gasteiger partial charge in [0.25, 0.3) is 0 Å². The van der Waals surface area contributed by atoms with Crippen molar-refractivity contribution in [2.45, 2.75) is 33.1 Å². The zero-order valence-electron chi connectivity index (χ0n) is 10.4. The fraction of sp³-hybridized carbons (Fsp3) is 0.500. The Labute approximate surface area is 97.3 Å². The molecule has 1 heterocycles. The standard InChI is InChI=1S/C14H19NO/c1-5-11-10(3)13-9(2)7-6-8-12(13)15(4)14(11)16/h6-8,10-11H,5H2,1-4H3. The molecule has 1 amide bonds. The molecule has 0 N–H and O–H groups in total. The minimum atomic E-state index is 0.138. The maximum absolute atomic E-state index is 12.2. The molecule has 2 rings (SSSR count). The van der Waals surface area contributed by atoms with Crippen molar-refractivity contribution < 1.29 is 4.79 Å². The van der Waals surface area contributed by atoms with Crippen molar-refractivity contribution in [1.82, 2.24) is 0 Å². The molecule has 2 unspecified atom stereocenters. The van der Waals surface area contributed by atoms with Gasteiger partial charge in [-0.25, -0.2) is 0 Å². The maximum atomic E-state index is 12.2. The molecule has 1 aliphatic heterocycles. The second-order valence-corrected chi connectivity index (χ2v) is 4.71. The van der Waals surface area contributed by atoms with Gasteiger partial charge in [-0.3, -0.25) is 4.79 Å². The molecule has 86 valence electrons. The van der Waals surface area contributed by atoms with Crippen LogP contribution < -0.4 is 4.90 Å². The first-order valence-corrected chi connectivity index (χ1v) is 5.95. The van der Waals surface area contributed by atoms with E-state index in [9.17, 15) is 4.79 Å². The summed E-state index contributed by atoms with van der Waals surface area (Å²) in [4.78, 5) is 14.0. The van der Waals surface area contributed by atoms with Gasteiger partial charge in [-0.05, 0) is 36.5 Å². The van der Waals surface area contributed by atoms with Crippen molar-refractivity contribution in [2.24, 2.45) is 5.92 Å². The van der Waals surface area contributed by atoms with Gasteiger partial charge in [0.2, 0.25) is 5.91 Å². The van der Waals surface area contributed by atoms with Gasteiger partial charge in [-0.1, -0.05) is 26.0 Å². The number of hydrogen-bond acceptors (Lipinski definition) is 1. The summed E-state index contributed by atoms with van der Waals surface area (Å²) in [5, 5.41) is 0. The Morgan fingerprint density at radius 1 is 1.38 bits per heavy atom. The molecule has 1 aliphatic rings. The molecular formula is C14H19NO. The molecule has 0 bridgehead atoms. The van der Waals surface area contributed by atoms with E-state index in [-0.39, 0.29) is 11.8 Å². The Kier molecular flexibility index (Phi) is 2.75. The second kappa shape index (κ2) is 3.93. The number of benzene rings is 1. The Morgan fingerprint density at radius 2 is 2.06 bits per heavy atom. The van der Waals surface area contributed by atoms with Gasteiger partial charge in [0.05, 0.1) is 0 Å². The zero-order valence-corrected chi connectivity index (χ0v) is 10.4. The monoisotopic (exact) mass is 217 g/mol. The Bertz CT molecular complexity index is 425. The van der Waals surface area contributed by atoms with E-state index in [1.807, 2.05) is 24.1 Å². The van der Waals surface area contributed by atoms with Crippen LogP contribution in [0.5, 0.6) is 0 Å². The number of anilines is 1. The molecule has 0 saturated carbocycles. The zero-order chi connectivity index (χ0) is 11.9. The predicted octanol–water partition coefficient (Wildman–Crippen LogP) is 3.10. The quantitative estimate of drug-likeness (QED) is 0.708. The summed E-state index contributed by atoms with van der Waals surface area (Å²) in [7, 11) is 1.88. The number of hydrogen-bond donors (Lipinski definition) is 0. The Morgan fingerprint density at radius 3 is 2.69 bits per heavy atom. The van der Waals surface area contributed by atoms with Gasteiger partial charge < -0.3 is 4.90 Å². The average Bonchev–Trinajstić information content (AvgIpc) is 2.26. The predicted molar refractivity (Wildman–Crippen MR) is 66.8 cm³/mol. The summed E-state index contributed by atoms with van der Waals surface area (Å²) < 4.78 is 0. The summed E-state index contributed by atoms with van der Waals surface area (Å²) in [5.41, 5.74) is 3.72. The molecule has 2 nitrogen and oxygen atoms in total. The van der Waals surface area contributed by atoms with Gasteiger partial charge in [-0.15, -0.1) is 0 Å². The van der Waals surface area contributed by atoms with E-state index < -0.39 is 0 Å². The van der Waals surface area contributed by atoms with Crippen LogP contribution in [0.25, 0.3) is 0 Å². The van der Waals surface area contributed by atoms with Crippen LogP contribution in [0.15, 0.2) is 18.2 Å². The van der Waals surface area contributed by atoms with E-state index in [2.05, 4.69) is 26.8 Å². The van der Waals surface area contributed by atoms with E-state index in [1.54, 1.807) is 0 Å². The summed E-state index contributed by atoms with van der Waals surface area (Å²) in [6, 6.07) is 6.20. The van der Waals surface area contributed by atoms with Gasteiger partial charge >= 0.3 is 0 Å². The lowest BCUT2D eigenvalue weighted by molar-refractivity contribution is -0.123. The lowest BCUT2D eigenvalue weighted by Crippen LogP contribution is -2.40. The van der Waals surface area contributed by atoms with Crippen molar-refractivity contribution >= 4 is 11.6 Å². The van der Waals surface area contributed by atoms with E-state index in [1.165, 1.54) is 11.1 Å². The number of fused-ring (bicyclic) bond motifs is 1. The number of rotatable bonds is 1. The molecule has 2 atom stereocenters. The van der Waals surface area contributed by atoms with Crippen LogP contribution in [-0.4, -0.2) is 13.0 Å². The number of aryl methyl sites for hydroxylation is 1. The summed E-state index contributed by atoms with van der Waals surface area (Å²) in [6.45, 7) is 6.40. The molecule has 0 radical (unpaired) electrons. The molecule has 0 spiro atoms. The fourth-order valence-electron chi connectivity index (χ4n) is 2.86. The maximum Gasteiger partial charge on any atom is 0.230 e. The van der Waals surface area contributed by atoms with Crippen molar-refractivity contribution in [3.63, 3.8) is 0 Å². The molecule has 0 fully saturated rings. The number of carbonyl (C=O) groups excluding carboxylic acids is 1. The third kappa shape index (κ3) is 1.44. The van der Waals surface area contributed by atoms with Crippen molar-refractivity contribution in [3.8, 4) is 0 Å². The van der Waals surface area contributed by atoms with E-state index in [0.29, 0.717) is 5.92 Å². The topological polar surface area (TPSA) is 20.3 Å². The van der Waals surface area contributed by atoms with E-state index in [0.717, 1.165) is 12.1 Å². The minimum absolute atomic E-state index is 0.138. The highest BCUT2D eigenvalue weighted by Gasteiger charge is 2.35. The molecule has 0 aliphatic carbocycles. The molecule has 1 aromatic rings. The summed E-state index contributed by atoms with van der Waals surface area (Å²) in [5.74, 6) is 0.733. The Balaban J connectivity index is 2.59. The highest BCUT2D eigenvalue weighted by Crippen LogP contribution is 2.41. The molecule has 1 aromatic carbocycles. The van der Waals surface area contributed by atoms with Crippen LogP contribution in [0.1, 0.15) is 37.3 Å². The van der Waals surface area contributed by atoms with Gasteiger partial charge in [0.15, 0.2) is 0 Å². The molecule has 2 heteroatoms. The Hall–Kier alpha value is -1.31. The number of amides is 1. The lowest BCUT2D eigenvalue weighted by atomic mass is 9.79. The van der Waals surface area contributed by atoms with Crippen LogP contribution in [0.4, 0.5) is 5.69 Å². The van der Waals surface area contributed by atoms with Crippen LogP contribution in [0.3, 0.4) is 0 Å². The third-order valence-corrected chi connectivity index (χ3v) is 3.81. The van der Waals surface area contributed by atoms with Gasteiger partial charge in [0.1, 0.15) is 0 Å². The molecule has 0 aromatic heterocycles. The molecule has 16 heavy (non-hydrogen) atoms. The SMILES string of the molecule is CCC1C(=O)N(C)c2cccc(C)c2C1C. The normalized spacial score (nSPS) is 24.5. The fourth-order valence-corrected chi connectivity index (χ4v) is 2.86. The highest BCUT2D eigenvalue weighted by atomic mass is 16.2. The number of nitrogens with zero attached hydrogens (tertiary/aromatic N) is 1. The van der Waals surface area contributed by atoms with Crippen molar-refractivity contribution in [1.29, 1.82) is 0 Å². The smallest absolute Gasteiger partial charge is 0.230 e. The summed E-state index contributed by atoms with van der Waals surface area (Å²) in [6.07, 6.45) is 0.915. The van der Waals surface area contributed by atoms with Crippen molar-refractivity contribution in [3.05, 3.63) is 29.3 Å². The first-order chi connectivity index (χ1) is 7.57. The first kappa shape index (κ1) is 11.2. The largest absolute Gasteiger partial charge is 0.315 e. The second-order valence-electron chi connectivity index (χ2n) is 4.71. The average molecular weight is 217 g/mol.